The van der Waals surface area contributed by atoms with Crippen molar-refractivity contribution in [2.45, 2.75) is 25.4 Å². The lowest BCUT2D eigenvalue weighted by Gasteiger charge is -2.33. The molecule has 1 aliphatic heterocycles. The number of nitrogens with one attached hydrogen (secondary N) is 2. The zero-order chi connectivity index (χ0) is 19.2. The van der Waals surface area contributed by atoms with Gasteiger partial charge in [-0.3, -0.25) is 4.99 Å². The van der Waals surface area contributed by atoms with Gasteiger partial charge in [-0.2, -0.15) is 0 Å². The average Bonchev–Trinajstić information content (AvgIpc) is 3.44. The van der Waals surface area contributed by atoms with E-state index in [0.717, 1.165) is 43.1 Å². The van der Waals surface area contributed by atoms with Gasteiger partial charge in [-0.05, 0) is 42.5 Å². The Labute approximate surface area is 169 Å². The molecule has 2 aromatic heterocycles. The van der Waals surface area contributed by atoms with Crippen LogP contribution in [0.1, 0.15) is 18.5 Å². The van der Waals surface area contributed by atoms with E-state index in [1.165, 1.54) is 5.00 Å². The lowest BCUT2D eigenvalue weighted by molar-refractivity contribution is 0.462. The van der Waals surface area contributed by atoms with Gasteiger partial charge in [0.2, 0.25) is 5.89 Å². The lowest BCUT2D eigenvalue weighted by atomic mass is 10.1. The summed E-state index contributed by atoms with van der Waals surface area (Å²) < 4.78 is 5.60. The molecule has 0 atom stereocenters. The van der Waals surface area contributed by atoms with Crippen molar-refractivity contribution in [3.8, 4) is 11.5 Å². The van der Waals surface area contributed by atoms with Crippen LogP contribution in [0.15, 0.2) is 63.5 Å². The van der Waals surface area contributed by atoms with Crippen LogP contribution in [0.4, 0.5) is 5.00 Å². The van der Waals surface area contributed by atoms with Crippen LogP contribution in [0.5, 0.6) is 0 Å². The molecule has 0 aliphatic carbocycles. The largest absolute Gasteiger partial charge is 0.444 e. The Morgan fingerprint density at radius 2 is 2.04 bits per heavy atom. The number of hydrogen-bond acceptors (Lipinski definition) is 5. The van der Waals surface area contributed by atoms with Crippen LogP contribution in [0.2, 0.25) is 0 Å². The van der Waals surface area contributed by atoms with E-state index >= 15 is 0 Å². The molecule has 146 valence electrons. The Kier molecular flexibility index (Phi) is 5.92. The molecule has 28 heavy (non-hydrogen) atoms. The van der Waals surface area contributed by atoms with E-state index < -0.39 is 0 Å². The number of benzene rings is 1. The van der Waals surface area contributed by atoms with E-state index in [0.29, 0.717) is 18.5 Å². The maximum absolute atomic E-state index is 5.60. The van der Waals surface area contributed by atoms with Crippen LogP contribution < -0.4 is 15.5 Å². The predicted molar refractivity (Wildman–Crippen MR) is 115 cm³/mol. The maximum atomic E-state index is 5.60. The molecule has 0 amide bonds. The number of thiophene rings is 1. The molecule has 7 heteroatoms. The summed E-state index contributed by atoms with van der Waals surface area (Å²) in [5.41, 5.74) is 1.84. The fourth-order valence-electron chi connectivity index (χ4n) is 3.36. The van der Waals surface area contributed by atoms with Crippen molar-refractivity contribution in [3.05, 3.63) is 59.8 Å². The highest BCUT2D eigenvalue weighted by Crippen LogP contribution is 2.24. The molecule has 0 radical (unpaired) electrons. The van der Waals surface area contributed by atoms with E-state index in [9.17, 15) is 0 Å². The molecule has 0 bridgehead atoms. The summed E-state index contributed by atoms with van der Waals surface area (Å²) in [5, 5.41) is 10.4. The molecule has 2 N–H and O–H groups in total. The molecule has 0 unspecified atom stereocenters. The van der Waals surface area contributed by atoms with E-state index in [1.54, 1.807) is 13.3 Å². The molecule has 3 heterocycles. The number of piperidine rings is 1. The number of anilines is 1. The molecule has 1 fully saturated rings. The number of nitrogens with zero attached hydrogens (tertiary/aromatic N) is 3. The molecule has 6 nitrogen and oxygen atoms in total. The number of aromatic nitrogens is 1. The monoisotopic (exact) mass is 395 g/mol. The molecular weight excluding hydrogens is 370 g/mol. The third-order valence-electron chi connectivity index (χ3n) is 4.89. The SMILES string of the molecule is CN=C(NCc1coc(-c2ccccc2)n1)NC1CCN(c2cccs2)CC1. The summed E-state index contributed by atoms with van der Waals surface area (Å²) in [4.78, 5) is 11.4. The molecular formula is C21H25N5OS. The van der Waals surface area contributed by atoms with E-state index in [1.807, 2.05) is 41.7 Å². The summed E-state index contributed by atoms with van der Waals surface area (Å²) in [6, 6.07) is 14.7. The Balaban J connectivity index is 1.26. The van der Waals surface area contributed by atoms with Crippen LogP contribution in [-0.4, -0.2) is 37.1 Å². The minimum atomic E-state index is 0.430. The van der Waals surface area contributed by atoms with Crippen LogP contribution in [0.25, 0.3) is 11.5 Å². The van der Waals surface area contributed by atoms with Crippen LogP contribution >= 0.6 is 11.3 Å². The minimum Gasteiger partial charge on any atom is -0.444 e. The number of aliphatic imine (C=N–C) groups is 1. The second kappa shape index (κ2) is 8.93. The van der Waals surface area contributed by atoms with Gasteiger partial charge < -0.3 is 20.0 Å². The Morgan fingerprint density at radius 1 is 1.21 bits per heavy atom. The molecule has 1 aliphatic rings. The van der Waals surface area contributed by atoms with Gasteiger partial charge in [-0.25, -0.2) is 4.98 Å². The summed E-state index contributed by atoms with van der Waals surface area (Å²) in [7, 11) is 1.80. The normalized spacial score (nSPS) is 15.6. The topological polar surface area (TPSA) is 65.7 Å². The fraction of sp³-hybridized carbons (Fsp3) is 0.333. The Bertz CT molecular complexity index is 883. The third kappa shape index (κ3) is 4.54. The highest BCUT2D eigenvalue weighted by molar-refractivity contribution is 7.14. The number of rotatable bonds is 5. The quantitative estimate of drug-likeness (QED) is 0.509. The second-order valence-corrected chi connectivity index (χ2v) is 7.72. The van der Waals surface area contributed by atoms with Gasteiger partial charge in [0.25, 0.3) is 0 Å². The molecule has 1 aromatic carbocycles. The van der Waals surface area contributed by atoms with Crippen molar-refractivity contribution in [3.63, 3.8) is 0 Å². The number of guanidine groups is 1. The molecule has 0 spiro atoms. The first-order valence-electron chi connectivity index (χ1n) is 9.57. The summed E-state index contributed by atoms with van der Waals surface area (Å²) in [6.07, 6.45) is 3.89. The van der Waals surface area contributed by atoms with Crippen LogP contribution in [-0.2, 0) is 6.54 Å². The van der Waals surface area contributed by atoms with Gasteiger partial charge in [0.05, 0.1) is 17.2 Å². The van der Waals surface area contributed by atoms with Gasteiger partial charge in [-0.15, -0.1) is 11.3 Å². The zero-order valence-electron chi connectivity index (χ0n) is 16.0. The van der Waals surface area contributed by atoms with Crippen molar-refractivity contribution in [1.29, 1.82) is 0 Å². The van der Waals surface area contributed by atoms with Crippen molar-refractivity contribution in [2.24, 2.45) is 4.99 Å². The first-order valence-corrected chi connectivity index (χ1v) is 10.5. The van der Waals surface area contributed by atoms with Crippen molar-refractivity contribution >= 4 is 22.3 Å². The maximum Gasteiger partial charge on any atom is 0.226 e. The van der Waals surface area contributed by atoms with Gasteiger partial charge >= 0.3 is 0 Å². The van der Waals surface area contributed by atoms with Crippen molar-refractivity contribution in [2.75, 3.05) is 25.0 Å². The minimum absolute atomic E-state index is 0.430. The van der Waals surface area contributed by atoms with Crippen LogP contribution in [0, 0.1) is 0 Å². The van der Waals surface area contributed by atoms with Gasteiger partial charge in [0.15, 0.2) is 5.96 Å². The average molecular weight is 396 g/mol. The van der Waals surface area contributed by atoms with Gasteiger partial charge in [0, 0.05) is 31.7 Å². The first-order chi connectivity index (χ1) is 13.8. The number of oxazole rings is 1. The molecule has 3 aromatic rings. The number of hydrogen-bond donors (Lipinski definition) is 2. The van der Waals surface area contributed by atoms with Gasteiger partial charge in [0.1, 0.15) is 6.26 Å². The third-order valence-corrected chi connectivity index (χ3v) is 5.82. The van der Waals surface area contributed by atoms with E-state index in [4.69, 9.17) is 4.42 Å². The zero-order valence-corrected chi connectivity index (χ0v) is 16.8. The first kappa shape index (κ1) is 18.6. The van der Waals surface area contributed by atoms with Crippen molar-refractivity contribution in [1.82, 2.24) is 15.6 Å². The second-order valence-electron chi connectivity index (χ2n) is 6.79. The van der Waals surface area contributed by atoms with Gasteiger partial charge in [-0.1, -0.05) is 18.2 Å². The molecule has 1 saturated heterocycles. The van der Waals surface area contributed by atoms with Crippen LogP contribution in [0.3, 0.4) is 0 Å². The predicted octanol–water partition coefficient (Wildman–Crippen LogP) is 3.74. The Hall–Kier alpha value is -2.80. The van der Waals surface area contributed by atoms with E-state index in [2.05, 4.69) is 43.0 Å². The smallest absolute Gasteiger partial charge is 0.226 e. The molecule has 4 rings (SSSR count). The Morgan fingerprint density at radius 3 is 2.75 bits per heavy atom. The van der Waals surface area contributed by atoms with E-state index in [-0.39, 0.29) is 0 Å². The summed E-state index contributed by atoms with van der Waals surface area (Å²) >= 11 is 1.81. The highest BCUT2D eigenvalue weighted by atomic mass is 32.1. The lowest BCUT2D eigenvalue weighted by Crippen LogP contribution is -2.48. The molecule has 0 saturated carbocycles. The summed E-state index contributed by atoms with van der Waals surface area (Å²) in [6.45, 7) is 2.71. The van der Waals surface area contributed by atoms with Crippen molar-refractivity contribution < 1.29 is 4.42 Å². The summed E-state index contributed by atoms with van der Waals surface area (Å²) in [5.74, 6) is 1.44. The fourth-order valence-corrected chi connectivity index (χ4v) is 4.14. The standard InChI is InChI=1S/C21H25N5OS/c1-22-21(25-17-9-11-26(12-10-17)19-8-5-13-28-19)23-14-18-15-27-20(24-18)16-6-3-2-4-7-16/h2-8,13,15,17H,9-12,14H2,1H3,(H2,22,23,25). The highest BCUT2D eigenvalue weighted by Gasteiger charge is 2.20.